The van der Waals surface area contributed by atoms with Crippen LogP contribution in [0.4, 0.5) is 0 Å². The average molecular weight is 1550 g/mol. The third-order valence-corrected chi connectivity index (χ3v) is 20.3. The van der Waals surface area contributed by atoms with E-state index in [1.54, 1.807) is 65.8 Å². The molecule has 6 aliphatic heterocycles. The van der Waals surface area contributed by atoms with Crippen LogP contribution in [0.25, 0.3) is 33.8 Å². The summed E-state index contributed by atoms with van der Waals surface area (Å²) in [5.74, 6) is -0.440. The molecule has 3 saturated heterocycles. The Morgan fingerprint density at radius 3 is 1.13 bits per heavy atom. The summed E-state index contributed by atoms with van der Waals surface area (Å²) >= 11 is 19.2. The van der Waals surface area contributed by atoms with Gasteiger partial charge in [0.1, 0.15) is 47.2 Å². The smallest absolute Gasteiger partial charge is 0.870 e. The summed E-state index contributed by atoms with van der Waals surface area (Å²) < 4.78 is 85.6. The molecule has 0 saturated carbocycles. The van der Waals surface area contributed by atoms with Gasteiger partial charge in [0.25, 0.3) is 10.1 Å². The summed E-state index contributed by atoms with van der Waals surface area (Å²) in [7, 11) is 1.54. The monoisotopic (exact) mass is 1550 g/mol. The fourth-order valence-corrected chi connectivity index (χ4v) is 14.4. The Morgan fingerprint density at radius 2 is 0.838 bits per heavy atom. The first kappa shape index (κ1) is 87.7. The number of carboxylic acid groups (broad SMARTS) is 1. The topological polar surface area (TPSA) is 323 Å². The number of hydrogen-bond donors (Lipinski definition) is 2. The molecule has 6 aliphatic rings. The van der Waals surface area contributed by atoms with Crippen LogP contribution in [0.15, 0.2) is 87.6 Å². The zero-order chi connectivity index (χ0) is 74.3. The van der Waals surface area contributed by atoms with Gasteiger partial charge in [0.05, 0.1) is 134 Å². The van der Waals surface area contributed by atoms with Crippen molar-refractivity contribution in [2.45, 2.75) is 100 Å². The number of halogens is 3. The van der Waals surface area contributed by atoms with E-state index in [2.05, 4.69) is 41.5 Å². The molecule has 0 radical (unpaired) electrons. The van der Waals surface area contributed by atoms with Crippen LogP contribution in [0, 0.1) is 34.0 Å². The van der Waals surface area contributed by atoms with Gasteiger partial charge in [-0.25, -0.2) is 14.4 Å². The number of benzene rings is 3. The van der Waals surface area contributed by atoms with Gasteiger partial charge in [0, 0.05) is 92.9 Å². The van der Waals surface area contributed by atoms with Crippen molar-refractivity contribution >= 4 is 62.8 Å². The van der Waals surface area contributed by atoms with Crippen LogP contribution in [0.2, 0.25) is 15.1 Å². The van der Waals surface area contributed by atoms with Crippen LogP contribution in [0.3, 0.4) is 0 Å². The first-order valence-corrected chi connectivity index (χ1v) is 36.6. The number of nitrogens with zero attached hydrogens (tertiary/aromatic N) is 3. The maximum Gasteiger partial charge on any atom is 1.00 e. The van der Waals surface area contributed by atoms with Gasteiger partial charge in [-0.2, -0.15) is 8.42 Å². The molecule has 30 heteroatoms. The minimum absolute atomic E-state index is 0. The summed E-state index contributed by atoms with van der Waals surface area (Å²) in [6, 6.07) is 15.4. The largest absolute Gasteiger partial charge is 1.00 e. The molecule has 3 unspecified atom stereocenters. The zero-order valence-corrected chi connectivity index (χ0v) is 66.0. The van der Waals surface area contributed by atoms with E-state index in [1.165, 1.54) is 24.4 Å². The number of aromatic carboxylic acids is 1. The number of methoxy groups -OCH3 is 3. The minimum Gasteiger partial charge on any atom is -0.870 e. The number of aromatic nitrogens is 3. The van der Waals surface area contributed by atoms with E-state index < -0.39 is 33.5 Å². The quantitative estimate of drug-likeness (QED) is 0.0344. The first-order valence-electron chi connectivity index (χ1n) is 33.7. The van der Waals surface area contributed by atoms with Crippen molar-refractivity contribution < 1.29 is 120 Å². The molecule has 25 nitrogen and oxygen atoms in total. The molecule has 9 heterocycles. The fraction of sp³-hybridized carbons (Fsp3) is 0.520. The van der Waals surface area contributed by atoms with Gasteiger partial charge in [-0.3, -0.25) is 18.6 Å². The number of esters is 2. The van der Waals surface area contributed by atoms with Gasteiger partial charge < -0.3 is 76.8 Å². The Labute approximate surface area is 649 Å². The second-order valence-corrected chi connectivity index (χ2v) is 30.9. The molecule has 0 spiro atoms. The van der Waals surface area contributed by atoms with Crippen LogP contribution in [-0.4, -0.2) is 176 Å². The van der Waals surface area contributed by atoms with Gasteiger partial charge in [-0.05, 0) is 104 Å². The van der Waals surface area contributed by atoms with E-state index >= 15 is 0 Å². The van der Waals surface area contributed by atoms with E-state index in [9.17, 15) is 47.4 Å². The third-order valence-electron chi connectivity index (χ3n) is 18.9. The molecule has 3 aromatic carbocycles. The van der Waals surface area contributed by atoms with E-state index in [4.69, 9.17) is 86.4 Å². The van der Waals surface area contributed by atoms with E-state index in [0.29, 0.717) is 118 Å². The zero-order valence-electron chi connectivity index (χ0n) is 60.9. The Bertz CT molecular complexity index is 4390. The third kappa shape index (κ3) is 20.2. The first-order chi connectivity index (χ1) is 48.3. The number of rotatable bonds is 23. The van der Waals surface area contributed by atoms with Crippen molar-refractivity contribution in [2.75, 3.05) is 120 Å². The number of carboxylic acids is 1. The number of aromatic hydroxyl groups is 1. The van der Waals surface area contributed by atoms with Crippen LogP contribution in [0.5, 0.6) is 17.2 Å². The minimum atomic E-state index is -3.36. The molecule has 0 aliphatic carbocycles. The molecule has 3 aromatic heterocycles. The van der Waals surface area contributed by atoms with Crippen molar-refractivity contribution in [3.05, 3.63) is 152 Å². The van der Waals surface area contributed by atoms with Crippen molar-refractivity contribution in [3.8, 4) is 51.0 Å². The molecule has 570 valence electrons. The number of fused-ring (bicyclic) bond motifs is 9. The van der Waals surface area contributed by atoms with Gasteiger partial charge in [0.2, 0.25) is 0 Å². The summed E-state index contributed by atoms with van der Waals surface area (Å²) in [4.78, 5) is 73.5. The molecule has 12 rings (SSSR count). The number of carbonyl (C=O) groups excluding carboxylic acids is 2. The van der Waals surface area contributed by atoms with Gasteiger partial charge in [-0.15, -0.1) is 0 Å². The standard InChI is InChI=1S/C25H30ClNO6.C23H26ClNO6.C19H20ClNO4.C7H14O5S.CH4.Na.H2O/c1-5-32-24(29)18-10-27-20(15(2)3)6-16-7-23(33-14-25(11-30-4)12-31-13-25)19(26)8-17(16)21(27)9-22(18)28;1-13(2)18-4-14-5-21(31-12-23(9-29-3)10-30-11-23)17(24)6-15(14)19-7-20(26)16(22(27)28)8-25(18)19;1-4-25-19(24)13-9-21-15(10(2)3)5-11-6-18(23)14(20)7-12(11)16(21)8-17(13)22;1-10-3-7(4-11-5-7)6-12-13(2,8)9;;;/h7-10,15,20H,5-6,11-14H2,1-4H3;5-8,13,18H,4,9-12H2,1-3H3,(H,27,28);6-10,15,23H,4-5H2,1-3H3;3-6H2,1-2H3;1H4;;1H2/q;;;;;+1;/p-1. The van der Waals surface area contributed by atoms with E-state index in [0.717, 1.165) is 51.8 Å². The Balaban J connectivity index is 0.000000226. The summed E-state index contributed by atoms with van der Waals surface area (Å²) in [6.07, 6.45) is 7.80. The summed E-state index contributed by atoms with van der Waals surface area (Å²) in [5, 5.41) is 20.4. The van der Waals surface area contributed by atoms with Crippen LogP contribution >= 0.6 is 34.8 Å². The second kappa shape index (κ2) is 37.3. The van der Waals surface area contributed by atoms with Crippen molar-refractivity contribution in [2.24, 2.45) is 34.0 Å². The molecule has 0 amide bonds. The van der Waals surface area contributed by atoms with Crippen LogP contribution in [0.1, 0.15) is 129 Å². The predicted octanol–water partition coefficient (Wildman–Crippen LogP) is 8.70. The number of carbonyl (C=O) groups is 3. The molecule has 3 atom stereocenters. The van der Waals surface area contributed by atoms with Gasteiger partial charge in [0.15, 0.2) is 16.3 Å². The van der Waals surface area contributed by atoms with Crippen molar-refractivity contribution in [1.29, 1.82) is 0 Å². The molecule has 3 N–H and O–H groups in total. The number of pyridine rings is 3. The SMILES string of the molecule is C.CCOC(=O)c1cn2c(cc1=O)-c1cc(Cl)c(O)cc1CC2C(C)C.CCOC(=O)c1cn2c(cc1=O)-c1cc(Cl)c(OCC3(COC)COC3)cc1CC2C(C)C.COCC1(COS(C)(=O)=O)COC1.COCC1(COc2cc3c(cc2Cl)-c2cc(=O)c(C(=O)O)cn2C(C(C)C)C3)COC1.[Na+].[OH-]. The van der Waals surface area contributed by atoms with E-state index in [1.807, 2.05) is 31.9 Å². The number of phenols is 1. The van der Waals surface area contributed by atoms with E-state index in [-0.39, 0.29) is 153 Å². The van der Waals surface area contributed by atoms with Crippen LogP contribution < -0.4 is 55.3 Å². The average Bonchev–Trinajstić information content (AvgIpc) is 0.759. The Morgan fingerprint density at radius 1 is 0.524 bits per heavy atom. The maximum atomic E-state index is 12.8. The molecule has 3 fully saturated rings. The maximum absolute atomic E-state index is 12.8. The number of ether oxygens (including phenoxy) is 10. The van der Waals surface area contributed by atoms with Crippen molar-refractivity contribution in [1.82, 2.24) is 13.7 Å². The summed E-state index contributed by atoms with van der Waals surface area (Å²) in [5.41, 5.74) is 5.61. The molecular formula is C75H95Cl3N3NaO22S. The fourth-order valence-electron chi connectivity index (χ4n) is 13.3. The number of hydrogen-bond acceptors (Lipinski definition) is 21. The number of phenolic OH excluding ortho intramolecular Hbond substituents is 1. The second-order valence-electron chi connectivity index (χ2n) is 28.0. The summed E-state index contributed by atoms with van der Waals surface area (Å²) in [6.45, 7) is 22.4. The van der Waals surface area contributed by atoms with Gasteiger partial charge in [-0.1, -0.05) is 83.8 Å². The normalized spacial score (nSPS) is 17.6. The van der Waals surface area contributed by atoms with Crippen LogP contribution in [-0.2, 0) is 71.5 Å². The Hall–Kier alpha value is -6.18. The molecule has 105 heavy (non-hydrogen) atoms. The predicted molar refractivity (Wildman–Crippen MR) is 393 cm³/mol. The van der Waals surface area contributed by atoms with Gasteiger partial charge >= 0.3 is 47.5 Å². The molecular weight excluding hydrogens is 1460 g/mol. The molecule has 0 bridgehead atoms. The Kier molecular flexibility index (Phi) is 31.2. The molecule has 6 aromatic rings. The van der Waals surface area contributed by atoms with Crippen molar-refractivity contribution in [3.63, 3.8) is 0 Å².